The van der Waals surface area contributed by atoms with Gasteiger partial charge in [-0.2, -0.15) is 4.98 Å². The highest BCUT2D eigenvalue weighted by molar-refractivity contribution is 7.22. The zero-order chi connectivity index (χ0) is 12.5. The molecular weight excluding hydrogens is 253 g/mol. The number of benzene rings is 1. The number of thiophene rings is 1. The lowest BCUT2D eigenvalue weighted by atomic mass is 10.2. The Morgan fingerprint density at radius 1 is 1.39 bits per heavy atom. The van der Waals surface area contributed by atoms with Crippen molar-refractivity contribution in [3.05, 3.63) is 35.9 Å². The molecule has 18 heavy (non-hydrogen) atoms. The van der Waals surface area contributed by atoms with Crippen LogP contribution in [0.15, 0.2) is 28.8 Å². The molecule has 0 aliphatic rings. The molecule has 0 radical (unpaired) electrons. The quantitative estimate of drug-likeness (QED) is 0.789. The van der Waals surface area contributed by atoms with E-state index in [0.717, 1.165) is 15.0 Å². The number of nitrogens with one attached hydrogen (secondary N) is 1. The van der Waals surface area contributed by atoms with Gasteiger partial charge in [0.15, 0.2) is 5.82 Å². The van der Waals surface area contributed by atoms with E-state index in [9.17, 15) is 4.39 Å². The van der Waals surface area contributed by atoms with Gasteiger partial charge in [0.1, 0.15) is 5.82 Å². The molecule has 0 saturated carbocycles. The van der Waals surface area contributed by atoms with Gasteiger partial charge in [0.2, 0.25) is 0 Å². The Balaban J connectivity index is 2.02. The standard InChI is InChI=1S/C12H10FN3OS/c1-14-6-11-15-12(17-16-11)10-4-7-2-3-8(13)5-9(7)18-10/h2-5,14H,6H2,1H3. The lowest BCUT2D eigenvalue weighted by molar-refractivity contribution is 0.421. The summed E-state index contributed by atoms with van der Waals surface area (Å²) in [6, 6.07) is 6.62. The number of fused-ring (bicyclic) bond motifs is 1. The summed E-state index contributed by atoms with van der Waals surface area (Å²) in [5.41, 5.74) is 0. The number of hydrogen-bond donors (Lipinski definition) is 1. The van der Waals surface area contributed by atoms with E-state index in [0.29, 0.717) is 18.3 Å². The maximum atomic E-state index is 13.1. The van der Waals surface area contributed by atoms with Crippen molar-refractivity contribution >= 4 is 21.4 Å². The topological polar surface area (TPSA) is 51.0 Å². The molecule has 0 atom stereocenters. The van der Waals surface area contributed by atoms with Gasteiger partial charge in [-0.05, 0) is 30.6 Å². The highest BCUT2D eigenvalue weighted by Crippen LogP contribution is 2.32. The van der Waals surface area contributed by atoms with Crippen molar-refractivity contribution in [2.75, 3.05) is 7.05 Å². The van der Waals surface area contributed by atoms with E-state index in [2.05, 4.69) is 15.5 Å². The third kappa shape index (κ3) is 2.00. The molecule has 3 rings (SSSR count). The molecule has 0 fully saturated rings. The Morgan fingerprint density at radius 3 is 3.11 bits per heavy atom. The van der Waals surface area contributed by atoms with E-state index in [1.165, 1.54) is 23.5 Å². The molecule has 6 heteroatoms. The summed E-state index contributed by atoms with van der Waals surface area (Å²) in [6.07, 6.45) is 0. The second-order valence-corrected chi connectivity index (χ2v) is 4.92. The third-order valence-electron chi connectivity index (χ3n) is 2.50. The second kappa shape index (κ2) is 4.47. The summed E-state index contributed by atoms with van der Waals surface area (Å²) in [5, 5.41) is 7.78. The van der Waals surface area contributed by atoms with E-state index < -0.39 is 0 Å². The fourth-order valence-corrected chi connectivity index (χ4v) is 2.70. The fraction of sp³-hybridized carbons (Fsp3) is 0.167. The molecular formula is C12H10FN3OS. The number of rotatable bonds is 3. The summed E-state index contributed by atoms with van der Waals surface area (Å²) in [6.45, 7) is 0.559. The van der Waals surface area contributed by atoms with Crippen molar-refractivity contribution in [3.8, 4) is 10.8 Å². The van der Waals surface area contributed by atoms with Gasteiger partial charge in [0, 0.05) is 4.70 Å². The van der Waals surface area contributed by atoms with Crippen molar-refractivity contribution in [2.45, 2.75) is 6.54 Å². The molecule has 2 aromatic heterocycles. The van der Waals surface area contributed by atoms with E-state index in [1.54, 1.807) is 6.07 Å². The maximum Gasteiger partial charge on any atom is 0.268 e. The molecule has 0 aliphatic heterocycles. The van der Waals surface area contributed by atoms with Crippen LogP contribution in [0.4, 0.5) is 4.39 Å². The molecule has 4 nitrogen and oxygen atoms in total. The van der Waals surface area contributed by atoms with Gasteiger partial charge < -0.3 is 9.84 Å². The molecule has 0 aliphatic carbocycles. The largest absolute Gasteiger partial charge is 0.333 e. The lowest BCUT2D eigenvalue weighted by Gasteiger charge is -1.87. The zero-order valence-corrected chi connectivity index (χ0v) is 10.4. The molecule has 92 valence electrons. The maximum absolute atomic E-state index is 13.1. The fourth-order valence-electron chi connectivity index (χ4n) is 1.69. The molecule has 2 heterocycles. The van der Waals surface area contributed by atoms with Crippen molar-refractivity contribution in [1.82, 2.24) is 15.5 Å². The highest BCUT2D eigenvalue weighted by atomic mass is 32.1. The summed E-state index contributed by atoms with van der Waals surface area (Å²) in [5.74, 6) is 0.843. The Morgan fingerprint density at radius 2 is 2.28 bits per heavy atom. The van der Waals surface area contributed by atoms with E-state index in [1.807, 2.05) is 13.1 Å². The van der Waals surface area contributed by atoms with E-state index in [-0.39, 0.29) is 5.82 Å². The first-order valence-corrected chi connectivity index (χ1v) is 6.24. The first-order chi connectivity index (χ1) is 8.76. The minimum Gasteiger partial charge on any atom is -0.333 e. The molecule has 0 amide bonds. The van der Waals surface area contributed by atoms with Crippen LogP contribution in [-0.2, 0) is 6.54 Å². The third-order valence-corrected chi connectivity index (χ3v) is 3.58. The SMILES string of the molecule is CNCc1noc(-c2cc3ccc(F)cc3s2)n1. The van der Waals surface area contributed by atoms with Gasteiger partial charge in [-0.15, -0.1) is 11.3 Å². The highest BCUT2D eigenvalue weighted by Gasteiger charge is 2.12. The van der Waals surface area contributed by atoms with Crippen LogP contribution < -0.4 is 5.32 Å². The number of hydrogen-bond acceptors (Lipinski definition) is 5. The second-order valence-electron chi connectivity index (χ2n) is 3.84. The van der Waals surface area contributed by atoms with Crippen LogP contribution in [0.5, 0.6) is 0 Å². The molecule has 1 aromatic carbocycles. The smallest absolute Gasteiger partial charge is 0.268 e. The van der Waals surface area contributed by atoms with Crippen LogP contribution in [0.3, 0.4) is 0 Å². The first-order valence-electron chi connectivity index (χ1n) is 5.43. The Bertz CT molecular complexity index is 692. The molecule has 0 unspecified atom stereocenters. The minimum atomic E-state index is -0.239. The summed E-state index contributed by atoms with van der Waals surface area (Å²) in [7, 11) is 1.82. The molecule has 1 N–H and O–H groups in total. The number of halogens is 1. The average Bonchev–Trinajstić information content (AvgIpc) is 2.94. The summed E-state index contributed by atoms with van der Waals surface area (Å²) >= 11 is 1.44. The molecule has 3 aromatic rings. The average molecular weight is 263 g/mol. The van der Waals surface area contributed by atoms with Gasteiger partial charge in [-0.1, -0.05) is 11.2 Å². The first kappa shape index (κ1) is 11.3. The Hall–Kier alpha value is -1.79. The predicted octanol–water partition coefficient (Wildman–Crippen LogP) is 2.81. The van der Waals surface area contributed by atoms with Crippen LogP contribution in [0.1, 0.15) is 5.82 Å². The van der Waals surface area contributed by atoms with E-state index >= 15 is 0 Å². The van der Waals surface area contributed by atoms with Crippen LogP contribution >= 0.6 is 11.3 Å². The normalized spacial score (nSPS) is 11.2. The van der Waals surface area contributed by atoms with Gasteiger partial charge in [0.05, 0.1) is 11.4 Å². The number of aromatic nitrogens is 2. The summed E-state index contributed by atoms with van der Waals surface area (Å²) in [4.78, 5) is 5.12. The van der Waals surface area contributed by atoms with Crippen LogP contribution in [0.25, 0.3) is 20.9 Å². The summed E-state index contributed by atoms with van der Waals surface area (Å²) < 4.78 is 19.2. The van der Waals surface area contributed by atoms with Crippen LogP contribution in [0, 0.1) is 5.82 Å². The molecule has 0 spiro atoms. The molecule has 0 saturated heterocycles. The van der Waals surface area contributed by atoms with Gasteiger partial charge in [-0.25, -0.2) is 4.39 Å². The minimum absolute atomic E-state index is 0.239. The molecule has 0 bridgehead atoms. The van der Waals surface area contributed by atoms with Gasteiger partial charge >= 0.3 is 0 Å². The van der Waals surface area contributed by atoms with Crippen molar-refractivity contribution in [3.63, 3.8) is 0 Å². The van der Waals surface area contributed by atoms with Gasteiger partial charge in [0.25, 0.3) is 5.89 Å². The predicted molar refractivity (Wildman–Crippen MR) is 67.8 cm³/mol. The van der Waals surface area contributed by atoms with Gasteiger partial charge in [-0.3, -0.25) is 0 Å². The number of nitrogens with zero attached hydrogens (tertiary/aromatic N) is 2. The van der Waals surface area contributed by atoms with E-state index in [4.69, 9.17) is 4.52 Å². The Kier molecular flexibility index (Phi) is 2.81. The Labute approximate surface area is 106 Å². The van der Waals surface area contributed by atoms with Crippen LogP contribution in [0.2, 0.25) is 0 Å². The van der Waals surface area contributed by atoms with Crippen molar-refractivity contribution < 1.29 is 8.91 Å². The van der Waals surface area contributed by atoms with Crippen molar-refractivity contribution in [1.29, 1.82) is 0 Å². The van der Waals surface area contributed by atoms with Crippen molar-refractivity contribution in [2.24, 2.45) is 0 Å². The van der Waals surface area contributed by atoms with Crippen LogP contribution in [-0.4, -0.2) is 17.2 Å². The zero-order valence-electron chi connectivity index (χ0n) is 9.61. The monoisotopic (exact) mass is 263 g/mol. The lowest BCUT2D eigenvalue weighted by Crippen LogP contribution is -2.06.